The van der Waals surface area contributed by atoms with E-state index in [0.717, 1.165) is 12.1 Å². The molecule has 2 rings (SSSR count). The molecule has 0 amide bonds. The zero-order chi connectivity index (χ0) is 20.9. The molecule has 1 atom stereocenters. The van der Waals surface area contributed by atoms with Crippen LogP contribution in [0.15, 0.2) is 42.5 Å². The maximum atomic E-state index is 12.8. The standard InChI is InChI=1S/C18H20F3N3O4/c1-23(2)10-14(25)11-28-15-6-4-13(5-7-15)22-16-8-3-12(18(19,20)21)9-17(16)24(26)27/h3-9,14,22,25H,10-11H2,1-2H3/t14-/m1/s1. The van der Waals surface area contributed by atoms with E-state index in [1.165, 1.54) is 0 Å². The van der Waals surface area contributed by atoms with Crippen molar-refractivity contribution in [2.45, 2.75) is 12.3 Å². The average Bonchev–Trinajstić information content (AvgIpc) is 2.59. The van der Waals surface area contributed by atoms with Gasteiger partial charge in [0.05, 0.1) is 10.5 Å². The summed E-state index contributed by atoms with van der Waals surface area (Å²) >= 11 is 0. The van der Waals surface area contributed by atoms with Crippen LogP contribution in [0.1, 0.15) is 5.56 Å². The maximum Gasteiger partial charge on any atom is 0.416 e. The molecule has 0 aliphatic carbocycles. The smallest absolute Gasteiger partial charge is 0.416 e. The number of ether oxygens (including phenoxy) is 1. The summed E-state index contributed by atoms with van der Waals surface area (Å²) in [6, 6.07) is 8.58. The molecule has 0 aromatic heterocycles. The number of nitro groups is 1. The van der Waals surface area contributed by atoms with Crippen molar-refractivity contribution in [1.82, 2.24) is 4.90 Å². The van der Waals surface area contributed by atoms with Gasteiger partial charge in [0.1, 0.15) is 24.1 Å². The second-order valence-electron chi connectivity index (χ2n) is 6.36. The second kappa shape index (κ2) is 8.89. The summed E-state index contributed by atoms with van der Waals surface area (Å²) in [5.41, 5.74) is -1.40. The van der Waals surface area contributed by atoms with Crippen molar-refractivity contribution in [3.05, 3.63) is 58.1 Å². The number of hydrogen-bond donors (Lipinski definition) is 2. The van der Waals surface area contributed by atoms with Gasteiger partial charge in [-0.1, -0.05) is 0 Å². The van der Waals surface area contributed by atoms with Crippen molar-refractivity contribution in [3.8, 4) is 5.75 Å². The molecule has 152 valence electrons. The van der Waals surface area contributed by atoms with Gasteiger partial charge in [0.2, 0.25) is 0 Å². The van der Waals surface area contributed by atoms with E-state index in [1.807, 2.05) is 19.0 Å². The topological polar surface area (TPSA) is 87.9 Å². The van der Waals surface area contributed by atoms with Crippen LogP contribution in [-0.2, 0) is 6.18 Å². The predicted octanol–water partition coefficient (Wildman–Crippen LogP) is 3.66. The van der Waals surface area contributed by atoms with Crippen LogP contribution in [0.3, 0.4) is 0 Å². The first-order chi connectivity index (χ1) is 13.1. The number of benzene rings is 2. The van der Waals surface area contributed by atoms with E-state index in [2.05, 4.69) is 5.32 Å². The fourth-order valence-corrected chi connectivity index (χ4v) is 2.42. The molecule has 28 heavy (non-hydrogen) atoms. The number of nitro benzene ring substituents is 1. The zero-order valence-electron chi connectivity index (χ0n) is 15.2. The minimum atomic E-state index is -4.67. The molecule has 0 spiro atoms. The molecule has 2 aromatic rings. The fourth-order valence-electron chi connectivity index (χ4n) is 2.42. The van der Waals surface area contributed by atoms with Crippen molar-refractivity contribution >= 4 is 17.1 Å². The van der Waals surface area contributed by atoms with E-state index in [1.54, 1.807) is 24.3 Å². The Morgan fingerprint density at radius 2 is 1.86 bits per heavy atom. The summed E-state index contributed by atoms with van der Waals surface area (Å²) in [7, 11) is 3.65. The predicted molar refractivity (Wildman–Crippen MR) is 97.9 cm³/mol. The number of aliphatic hydroxyl groups excluding tert-OH is 1. The van der Waals surface area contributed by atoms with Crippen LogP contribution in [0.4, 0.5) is 30.2 Å². The number of anilines is 2. The summed E-state index contributed by atoms with van der Waals surface area (Å²) in [5.74, 6) is 0.477. The van der Waals surface area contributed by atoms with E-state index in [9.17, 15) is 28.4 Å². The Hall–Kier alpha value is -2.85. The van der Waals surface area contributed by atoms with Gasteiger partial charge in [-0.25, -0.2) is 0 Å². The molecule has 0 bridgehead atoms. The molecule has 7 nitrogen and oxygen atoms in total. The summed E-state index contributed by atoms with van der Waals surface area (Å²) < 4.78 is 43.7. The third-order valence-electron chi connectivity index (χ3n) is 3.67. The molecule has 2 aromatic carbocycles. The van der Waals surface area contributed by atoms with Gasteiger partial charge in [0, 0.05) is 18.3 Å². The Morgan fingerprint density at radius 3 is 2.39 bits per heavy atom. The van der Waals surface area contributed by atoms with Crippen LogP contribution in [-0.4, -0.2) is 48.3 Å². The number of nitrogens with one attached hydrogen (secondary N) is 1. The Labute approximate surface area is 159 Å². The zero-order valence-corrected chi connectivity index (χ0v) is 15.2. The van der Waals surface area contributed by atoms with Crippen LogP contribution >= 0.6 is 0 Å². The van der Waals surface area contributed by atoms with Crippen LogP contribution in [0.5, 0.6) is 5.75 Å². The molecule has 0 unspecified atom stereocenters. The lowest BCUT2D eigenvalue weighted by Gasteiger charge is -2.16. The molecule has 0 saturated carbocycles. The molecule has 0 heterocycles. The van der Waals surface area contributed by atoms with Gasteiger partial charge in [-0.3, -0.25) is 10.1 Å². The highest BCUT2D eigenvalue weighted by atomic mass is 19.4. The number of rotatable bonds is 8. The Bertz CT molecular complexity index is 811. The van der Waals surface area contributed by atoms with Gasteiger partial charge in [-0.2, -0.15) is 13.2 Å². The Balaban J connectivity index is 2.08. The first-order valence-electron chi connectivity index (χ1n) is 8.24. The lowest BCUT2D eigenvalue weighted by molar-refractivity contribution is -0.384. The van der Waals surface area contributed by atoms with Crippen LogP contribution in [0.2, 0.25) is 0 Å². The van der Waals surface area contributed by atoms with E-state index in [0.29, 0.717) is 24.0 Å². The van der Waals surface area contributed by atoms with E-state index in [-0.39, 0.29) is 12.3 Å². The highest BCUT2D eigenvalue weighted by Crippen LogP contribution is 2.36. The number of nitrogens with zero attached hydrogens (tertiary/aromatic N) is 2. The van der Waals surface area contributed by atoms with Crippen LogP contribution < -0.4 is 10.1 Å². The number of hydrogen-bond acceptors (Lipinski definition) is 6. The summed E-state index contributed by atoms with van der Waals surface area (Å²) in [4.78, 5) is 12.1. The molecule has 2 N–H and O–H groups in total. The number of aliphatic hydroxyl groups is 1. The highest BCUT2D eigenvalue weighted by Gasteiger charge is 2.33. The third-order valence-corrected chi connectivity index (χ3v) is 3.67. The molecule has 0 aliphatic heterocycles. The second-order valence-corrected chi connectivity index (χ2v) is 6.36. The number of halogens is 3. The SMILES string of the molecule is CN(C)C[C@@H](O)COc1ccc(Nc2ccc(C(F)(F)F)cc2[N+](=O)[O-])cc1. The Morgan fingerprint density at radius 1 is 1.21 bits per heavy atom. The third kappa shape index (κ3) is 6.10. The molecular weight excluding hydrogens is 379 g/mol. The summed E-state index contributed by atoms with van der Waals surface area (Å²) in [6.07, 6.45) is -5.33. The van der Waals surface area contributed by atoms with Crippen molar-refractivity contribution in [2.24, 2.45) is 0 Å². The molecular formula is C18H20F3N3O4. The summed E-state index contributed by atoms with van der Waals surface area (Å²) in [5, 5.41) is 23.6. The lowest BCUT2D eigenvalue weighted by atomic mass is 10.1. The van der Waals surface area contributed by atoms with E-state index < -0.39 is 28.5 Å². The normalized spacial score (nSPS) is 12.7. The molecule has 0 fully saturated rings. The van der Waals surface area contributed by atoms with E-state index in [4.69, 9.17) is 4.74 Å². The Kier molecular flexibility index (Phi) is 6.81. The molecule has 0 saturated heterocycles. The van der Waals surface area contributed by atoms with Crippen molar-refractivity contribution in [2.75, 3.05) is 32.6 Å². The van der Waals surface area contributed by atoms with Crippen LogP contribution in [0, 0.1) is 10.1 Å². The number of alkyl halides is 3. The van der Waals surface area contributed by atoms with Gasteiger partial charge >= 0.3 is 6.18 Å². The largest absolute Gasteiger partial charge is 0.491 e. The first-order valence-corrected chi connectivity index (χ1v) is 8.24. The summed E-state index contributed by atoms with van der Waals surface area (Å²) in [6.45, 7) is 0.534. The van der Waals surface area contributed by atoms with Crippen LogP contribution in [0.25, 0.3) is 0 Å². The van der Waals surface area contributed by atoms with Gasteiger partial charge in [-0.05, 0) is 50.5 Å². The molecule has 0 radical (unpaired) electrons. The fraction of sp³-hybridized carbons (Fsp3) is 0.333. The molecule has 0 aliphatic rings. The van der Waals surface area contributed by atoms with E-state index >= 15 is 0 Å². The van der Waals surface area contributed by atoms with Crippen molar-refractivity contribution in [1.29, 1.82) is 0 Å². The minimum absolute atomic E-state index is 0.0620. The van der Waals surface area contributed by atoms with Gasteiger partial charge < -0.3 is 20.1 Å². The van der Waals surface area contributed by atoms with Gasteiger partial charge in [0.25, 0.3) is 5.69 Å². The number of likely N-dealkylation sites (N-methyl/N-ethyl adjacent to an activating group) is 1. The minimum Gasteiger partial charge on any atom is -0.491 e. The monoisotopic (exact) mass is 399 g/mol. The van der Waals surface area contributed by atoms with Crippen molar-refractivity contribution in [3.63, 3.8) is 0 Å². The van der Waals surface area contributed by atoms with Gasteiger partial charge in [-0.15, -0.1) is 0 Å². The highest BCUT2D eigenvalue weighted by molar-refractivity contribution is 5.70. The van der Waals surface area contributed by atoms with Crippen molar-refractivity contribution < 1.29 is 27.9 Å². The van der Waals surface area contributed by atoms with Gasteiger partial charge in [0.15, 0.2) is 0 Å². The maximum absolute atomic E-state index is 12.8. The quantitative estimate of drug-likeness (QED) is 0.520. The lowest BCUT2D eigenvalue weighted by Crippen LogP contribution is -2.30. The average molecular weight is 399 g/mol. The first kappa shape index (κ1) is 21.5. The molecule has 10 heteroatoms.